The summed E-state index contributed by atoms with van der Waals surface area (Å²) in [7, 11) is 0. The summed E-state index contributed by atoms with van der Waals surface area (Å²) in [6, 6.07) is 7.04. The zero-order valence-corrected chi connectivity index (χ0v) is 10.8. The molecule has 2 aromatic rings. The zero-order valence-electron chi connectivity index (χ0n) is 10.8. The molecule has 2 rings (SSSR count). The Bertz CT molecular complexity index is 567. The van der Waals surface area contributed by atoms with Crippen molar-refractivity contribution in [3.63, 3.8) is 0 Å². The van der Waals surface area contributed by atoms with Crippen LogP contribution in [0.25, 0.3) is 0 Å². The van der Waals surface area contributed by atoms with Crippen LogP contribution >= 0.6 is 0 Å². The molecule has 1 atom stereocenters. The summed E-state index contributed by atoms with van der Waals surface area (Å²) >= 11 is 0. The molecular formula is C13H15N3O3. The van der Waals surface area contributed by atoms with Crippen LogP contribution in [0.5, 0.6) is 0 Å². The Balaban J connectivity index is 2.08. The normalized spacial score (nSPS) is 12.3. The van der Waals surface area contributed by atoms with Crippen LogP contribution in [0.15, 0.2) is 35.1 Å². The summed E-state index contributed by atoms with van der Waals surface area (Å²) in [5, 5.41) is 17.9. The van der Waals surface area contributed by atoms with Crippen LogP contribution in [0.1, 0.15) is 29.8 Å². The minimum Gasteiger partial charge on any atom is -0.364 e. The molecule has 0 aliphatic rings. The molecule has 0 fully saturated rings. The molecule has 1 N–H and O–H groups in total. The van der Waals surface area contributed by atoms with Crippen molar-refractivity contribution in [2.75, 3.05) is 0 Å². The predicted molar refractivity (Wildman–Crippen MR) is 69.6 cm³/mol. The summed E-state index contributed by atoms with van der Waals surface area (Å²) < 4.78 is 4.74. The quantitative estimate of drug-likeness (QED) is 0.661. The van der Waals surface area contributed by atoms with Crippen LogP contribution in [-0.2, 0) is 6.54 Å². The molecule has 0 saturated carbocycles. The first-order valence-corrected chi connectivity index (χ1v) is 5.95. The van der Waals surface area contributed by atoms with Crippen LogP contribution in [0.4, 0.5) is 5.69 Å². The number of benzene rings is 1. The van der Waals surface area contributed by atoms with Crippen LogP contribution < -0.4 is 5.32 Å². The maximum atomic E-state index is 10.9. The van der Waals surface area contributed by atoms with Crippen molar-refractivity contribution in [2.45, 2.75) is 26.4 Å². The van der Waals surface area contributed by atoms with E-state index in [9.17, 15) is 10.1 Å². The Morgan fingerprint density at radius 3 is 2.89 bits per heavy atom. The lowest BCUT2D eigenvalue weighted by Gasteiger charge is -2.13. The van der Waals surface area contributed by atoms with Crippen LogP contribution in [0.2, 0.25) is 0 Å². The van der Waals surface area contributed by atoms with Gasteiger partial charge in [-0.2, -0.15) is 0 Å². The van der Waals surface area contributed by atoms with Gasteiger partial charge < -0.3 is 9.84 Å². The maximum Gasteiger partial charge on any atom is 0.272 e. The molecule has 0 aliphatic carbocycles. The van der Waals surface area contributed by atoms with Gasteiger partial charge in [0.15, 0.2) is 0 Å². The molecule has 0 radical (unpaired) electrons. The van der Waals surface area contributed by atoms with Crippen LogP contribution in [0, 0.1) is 17.0 Å². The topological polar surface area (TPSA) is 81.2 Å². The van der Waals surface area contributed by atoms with Crippen molar-refractivity contribution in [1.82, 2.24) is 10.5 Å². The van der Waals surface area contributed by atoms with E-state index in [1.807, 2.05) is 13.0 Å². The van der Waals surface area contributed by atoms with E-state index in [0.29, 0.717) is 12.1 Å². The highest BCUT2D eigenvalue weighted by Gasteiger charge is 2.14. The van der Waals surface area contributed by atoms with Gasteiger partial charge in [-0.1, -0.05) is 17.3 Å². The van der Waals surface area contributed by atoms with E-state index >= 15 is 0 Å². The maximum absolute atomic E-state index is 10.9. The fourth-order valence-corrected chi connectivity index (χ4v) is 1.80. The lowest BCUT2D eigenvalue weighted by atomic mass is 10.0. The minimum absolute atomic E-state index is 0.00370. The fraction of sp³-hybridized carbons (Fsp3) is 0.308. The zero-order chi connectivity index (χ0) is 13.8. The first-order valence-electron chi connectivity index (χ1n) is 5.95. The number of nitrogens with one attached hydrogen (secondary N) is 1. The van der Waals surface area contributed by atoms with Crippen LogP contribution in [0.3, 0.4) is 0 Å². The molecule has 19 heavy (non-hydrogen) atoms. The predicted octanol–water partition coefficient (Wildman–Crippen LogP) is 2.74. The largest absolute Gasteiger partial charge is 0.364 e. The van der Waals surface area contributed by atoms with E-state index in [1.54, 1.807) is 25.1 Å². The summed E-state index contributed by atoms with van der Waals surface area (Å²) in [5.74, 6) is 0. The SMILES string of the molecule is Cc1ccc(C(C)NCc2ccon2)cc1[N+](=O)[O-]. The third kappa shape index (κ3) is 3.17. The monoisotopic (exact) mass is 261 g/mol. The first kappa shape index (κ1) is 13.2. The van der Waals surface area contributed by atoms with Crippen molar-refractivity contribution >= 4 is 5.69 Å². The minimum atomic E-state index is -0.358. The van der Waals surface area contributed by atoms with Gasteiger partial charge in [0.05, 0.1) is 10.6 Å². The molecule has 0 amide bonds. The van der Waals surface area contributed by atoms with Gasteiger partial charge in [0.2, 0.25) is 0 Å². The lowest BCUT2D eigenvalue weighted by molar-refractivity contribution is -0.385. The van der Waals surface area contributed by atoms with Crippen molar-refractivity contribution in [2.24, 2.45) is 0 Å². The molecule has 1 aromatic heterocycles. The highest BCUT2D eigenvalue weighted by atomic mass is 16.6. The highest BCUT2D eigenvalue weighted by Crippen LogP contribution is 2.23. The number of hydrogen-bond acceptors (Lipinski definition) is 5. The highest BCUT2D eigenvalue weighted by molar-refractivity contribution is 5.43. The molecule has 0 spiro atoms. The van der Waals surface area contributed by atoms with Gasteiger partial charge in [0.1, 0.15) is 6.26 Å². The summed E-state index contributed by atoms with van der Waals surface area (Å²) in [5.41, 5.74) is 2.49. The summed E-state index contributed by atoms with van der Waals surface area (Å²) in [6.45, 7) is 4.24. The second kappa shape index (κ2) is 5.62. The third-order valence-corrected chi connectivity index (χ3v) is 3.01. The Labute approximate surface area is 110 Å². The Kier molecular flexibility index (Phi) is 3.91. The van der Waals surface area contributed by atoms with E-state index < -0.39 is 0 Å². The fourth-order valence-electron chi connectivity index (χ4n) is 1.80. The van der Waals surface area contributed by atoms with E-state index in [-0.39, 0.29) is 16.7 Å². The van der Waals surface area contributed by atoms with E-state index in [0.717, 1.165) is 11.3 Å². The van der Waals surface area contributed by atoms with Crippen molar-refractivity contribution in [3.8, 4) is 0 Å². The van der Waals surface area contributed by atoms with E-state index in [2.05, 4.69) is 10.5 Å². The molecule has 0 saturated heterocycles. The average molecular weight is 261 g/mol. The van der Waals surface area contributed by atoms with Gasteiger partial charge >= 0.3 is 0 Å². The van der Waals surface area contributed by atoms with Gasteiger partial charge in [0.25, 0.3) is 5.69 Å². The molecule has 6 nitrogen and oxygen atoms in total. The Hall–Kier alpha value is -2.21. The standard InChI is InChI=1S/C13H15N3O3/c1-9-3-4-11(7-13(9)16(17)18)10(2)14-8-12-5-6-19-15-12/h3-7,10,14H,8H2,1-2H3. The van der Waals surface area contributed by atoms with Gasteiger partial charge in [-0.25, -0.2) is 0 Å². The smallest absolute Gasteiger partial charge is 0.272 e. The number of nitro benzene ring substituents is 1. The Morgan fingerprint density at radius 2 is 2.26 bits per heavy atom. The molecule has 1 heterocycles. The summed E-state index contributed by atoms with van der Waals surface area (Å²) in [6.07, 6.45) is 1.51. The molecule has 0 bridgehead atoms. The van der Waals surface area contributed by atoms with Gasteiger partial charge in [0, 0.05) is 30.3 Å². The Morgan fingerprint density at radius 1 is 1.47 bits per heavy atom. The molecule has 100 valence electrons. The number of aromatic nitrogens is 1. The number of aryl methyl sites for hydroxylation is 1. The van der Waals surface area contributed by atoms with Gasteiger partial charge in [-0.05, 0) is 19.4 Å². The second-order valence-electron chi connectivity index (χ2n) is 4.40. The van der Waals surface area contributed by atoms with E-state index in [4.69, 9.17) is 4.52 Å². The first-order chi connectivity index (χ1) is 9.08. The lowest BCUT2D eigenvalue weighted by Crippen LogP contribution is -2.18. The number of nitrogens with zero attached hydrogens (tertiary/aromatic N) is 2. The second-order valence-corrected chi connectivity index (χ2v) is 4.40. The van der Waals surface area contributed by atoms with Crippen LogP contribution in [-0.4, -0.2) is 10.1 Å². The summed E-state index contributed by atoms with van der Waals surface area (Å²) in [4.78, 5) is 10.5. The number of nitro groups is 1. The molecule has 1 aromatic carbocycles. The number of rotatable bonds is 5. The van der Waals surface area contributed by atoms with Gasteiger partial charge in [-0.15, -0.1) is 0 Å². The molecule has 1 unspecified atom stereocenters. The molecule has 0 aliphatic heterocycles. The van der Waals surface area contributed by atoms with E-state index in [1.165, 1.54) is 6.26 Å². The number of hydrogen-bond donors (Lipinski definition) is 1. The van der Waals surface area contributed by atoms with Crippen molar-refractivity contribution in [3.05, 3.63) is 57.5 Å². The van der Waals surface area contributed by atoms with Crippen molar-refractivity contribution in [1.29, 1.82) is 0 Å². The molecular weight excluding hydrogens is 246 g/mol. The van der Waals surface area contributed by atoms with Gasteiger partial charge in [-0.3, -0.25) is 10.1 Å². The van der Waals surface area contributed by atoms with Crippen molar-refractivity contribution < 1.29 is 9.45 Å². The average Bonchev–Trinajstić information content (AvgIpc) is 2.89. The third-order valence-electron chi connectivity index (χ3n) is 3.01. The molecule has 6 heteroatoms.